The number of halogens is 1. The Morgan fingerprint density at radius 3 is 2.11 bits per heavy atom. The molecular formula is C38H33FN14. The molecule has 15 heteroatoms. The van der Waals surface area contributed by atoms with E-state index in [4.69, 9.17) is 4.98 Å². The molecule has 8 heterocycles. The first-order valence-corrected chi connectivity index (χ1v) is 17.4. The first kappa shape index (κ1) is 32.2. The van der Waals surface area contributed by atoms with Gasteiger partial charge < -0.3 is 5.32 Å². The molecule has 0 aliphatic carbocycles. The average molecular weight is 705 g/mol. The third kappa shape index (κ3) is 6.84. The molecule has 0 atom stereocenters. The summed E-state index contributed by atoms with van der Waals surface area (Å²) in [6.07, 6.45) is 11.5. The minimum absolute atomic E-state index is 0.257. The molecule has 1 aliphatic heterocycles. The molecule has 2 N–H and O–H groups in total. The van der Waals surface area contributed by atoms with Crippen LogP contribution < -0.4 is 5.32 Å². The van der Waals surface area contributed by atoms with Crippen LogP contribution in [0.4, 0.5) is 4.39 Å². The Hall–Kier alpha value is -6.74. The Balaban J connectivity index is 0.000000149. The minimum atomic E-state index is -0.257. The van der Waals surface area contributed by atoms with Crippen molar-refractivity contribution in [3.05, 3.63) is 127 Å². The molecule has 0 amide bonds. The van der Waals surface area contributed by atoms with Crippen molar-refractivity contribution >= 4 is 33.2 Å². The number of hydrogen-bond acceptors (Lipinski definition) is 10. The number of H-pyrrole nitrogens is 1. The summed E-state index contributed by atoms with van der Waals surface area (Å²) in [7, 11) is 0. The molecule has 53 heavy (non-hydrogen) atoms. The number of aromatic amines is 1. The first-order valence-electron chi connectivity index (χ1n) is 17.4. The molecule has 2 aromatic carbocycles. The van der Waals surface area contributed by atoms with Gasteiger partial charge in [0.15, 0.2) is 11.3 Å². The summed E-state index contributed by atoms with van der Waals surface area (Å²) >= 11 is 0. The molecule has 1 saturated heterocycles. The fraction of sp³-hybridized carbons (Fsp3) is 0.184. The molecule has 0 unspecified atom stereocenters. The highest BCUT2D eigenvalue weighted by molar-refractivity contribution is 5.79. The van der Waals surface area contributed by atoms with Gasteiger partial charge in [-0.15, -0.1) is 10.2 Å². The van der Waals surface area contributed by atoms with Gasteiger partial charge in [-0.05, 0) is 91.7 Å². The standard InChI is InChI=1S/C23H22N8.C15H11FN6/c1-2-17-12-16(3-4-20(17)25-9-1)14-31-23-22(28-29-31)6-5-21(27-23)18-13-26-30(15-18)19-7-10-24-11-8-19;16-12-3-1-10(2-4-12)9-22-15-14(20-21-22)6-5-13(19-15)11-7-17-18-8-11/h1-6,9,12-13,15,19,24H,7-8,10-11,14H2;1-8H,9H2,(H,17,18). The van der Waals surface area contributed by atoms with Crippen molar-refractivity contribution in [2.45, 2.75) is 32.0 Å². The van der Waals surface area contributed by atoms with E-state index in [1.54, 1.807) is 29.2 Å². The number of pyridine rings is 3. The zero-order valence-electron chi connectivity index (χ0n) is 28.5. The lowest BCUT2D eigenvalue weighted by Crippen LogP contribution is -2.29. The van der Waals surface area contributed by atoms with Crippen molar-refractivity contribution in [3.63, 3.8) is 0 Å². The molecular weight excluding hydrogens is 672 g/mol. The molecule has 9 aromatic rings. The molecule has 14 nitrogen and oxygen atoms in total. The van der Waals surface area contributed by atoms with Crippen molar-refractivity contribution in [2.24, 2.45) is 0 Å². The number of nitrogens with one attached hydrogen (secondary N) is 2. The Morgan fingerprint density at radius 1 is 0.717 bits per heavy atom. The third-order valence-electron chi connectivity index (χ3n) is 9.34. The molecule has 0 radical (unpaired) electrons. The van der Waals surface area contributed by atoms with Crippen LogP contribution in [0, 0.1) is 5.82 Å². The minimum Gasteiger partial charge on any atom is -0.317 e. The van der Waals surface area contributed by atoms with Crippen molar-refractivity contribution in [2.75, 3.05) is 13.1 Å². The number of benzene rings is 2. The average Bonchev–Trinajstić information content (AvgIpc) is 4.05. The summed E-state index contributed by atoms with van der Waals surface area (Å²) in [6, 6.07) is 24.8. The van der Waals surface area contributed by atoms with Crippen LogP contribution in [0.1, 0.15) is 30.0 Å². The number of aromatic nitrogens is 13. The van der Waals surface area contributed by atoms with Gasteiger partial charge in [-0.2, -0.15) is 10.2 Å². The molecule has 0 spiro atoms. The number of piperidine rings is 1. The summed E-state index contributed by atoms with van der Waals surface area (Å²) < 4.78 is 18.6. The molecule has 0 bridgehead atoms. The van der Waals surface area contributed by atoms with Crippen molar-refractivity contribution in [1.29, 1.82) is 0 Å². The second-order valence-corrected chi connectivity index (χ2v) is 12.9. The maximum absolute atomic E-state index is 13.0. The van der Waals surface area contributed by atoms with E-state index in [0.29, 0.717) is 30.3 Å². The van der Waals surface area contributed by atoms with E-state index >= 15 is 0 Å². The summed E-state index contributed by atoms with van der Waals surface area (Å²) in [6.45, 7) is 3.17. The fourth-order valence-electron chi connectivity index (χ4n) is 6.53. The third-order valence-corrected chi connectivity index (χ3v) is 9.34. The maximum Gasteiger partial charge on any atom is 0.179 e. The highest BCUT2D eigenvalue weighted by Crippen LogP contribution is 2.25. The molecule has 7 aromatic heterocycles. The lowest BCUT2D eigenvalue weighted by Gasteiger charge is -2.22. The van der Waals surface area contributed by atoms with Crippen LogP contribution in [0.2, 0.25) is 0 Å². The highest BCUT2D eigenvalue weighted by atomic mass is 19.1. The SMILES string of the molecule is Fc1ccc(Cn2nnc3ccc(-c4cn[nH]c4)nc32)cc1.c1cnc2ccc(Cn3nnc4ccc(-c5cnn(C6CCNCC6)c5)nc43)cc2c1. The van der Waals surface area contributed by atoms with E-state index < -0.39 is 0 Å². The predicted molar refractivity (Wildman–Crippen MR) is 197 cm³/mol. The van der Waals surface area contributed by atoms with Crippen LogP contribution in [-0.2, 0) is 13.1 Å². The summed E-state index contributed by atoms with van der Waals surface area (Å²) in [4.78, 5) is 13.9. The quantitative estimate of drug-likeness (QED) is 0.214. The van der Waals surface area contributed by atoms with Gasteiger partial charge in [-0.1, -0.05) is 34.7 Å². The normalized spacial score (nSPS) is 13.5. The topological polar surface area (TPSA) is 159 Å². The van der Waals surface area contributed by atoms with Crippen LogP contribution >= 0.6 is 0 Å². The number of nitrogens with zero attached hydrogens (tertiary/aromatic N) is 12. The van der Waals surface area contributed by atoms with Crippen LogP contribution in [0.15, 0.2) is 110 Å². The van der Waals surface area contributed by atoms with E-state index in [1.807, 2.05) is 53.5 Å². The Labute approximate surface area is 301 Å². The van der Waals surface area contributed by atoms with Gasteiger partial charge in [0.25, 0.3) is 0 Å². The fourth-order valence-corrected chi connectivity index (χ4v) is 6.53. The summed E-state index contributed by atoms with van der Waals surface area (Å²) in [5.41, 5.74) is 9.62. The first-order chi connectivity index (χ1) is 26.1. The number of rotatable bonds is 7. The monoisotopic (exact) mass is 704 g/mol. The van der Waals surface area contributed by atoms with Crippen LogP contribution in [0.5, 0.6) is 0 Å². The predicted octanol–water partition coefficient (Wildman–Crippen LogP) is 5.61. The van der Waals surface area contributed by atoms with E-state index in [9.17, 15) is 4.39 Å². The zero-order valence-corrected chi connectivity index (χ0v) is 28.5. The van der Waals surface area contributed by atoms with Crippen molar-refractivity contribution < 1.29 is 4.39 Å². The molecule has 0 saturated carbocycles. The lowest BCUT2D eigenvalue weighted by molar-refractivity contribution is 0.343. The maximum atomic E-state index is 13.0. The van der Waals surface area contributed by atoms with Gasteiger partial charge in [0, 0.05) is 35.1 Å². The molecule has 262 valence electrons. The van der Waals surface area contributed by atoms with Crippen LogP contribution in [0.3, 0.4) is 0 Å². The number of fused-ring (bicyclic) bond motifs is 3. The second kappa shape index (κ2) is 14.1. The van der Waals surface area contributed by atoms with E-state index in [-0.39, 0.29) is 5.82 Å². The summed E-state index contributed by atoms with van der Waals surface area (Å²) in [5, 5.41) is 32.7. The van der Waals surface area contributed by atoms with E-state index in [1.165, 1.54) is 12.1 Å². The van der Waals surface area contributed by atoms with Gasteiger partial charge in [-0.25, -0.2) is 23.7 Å². The Bertz CT molecular complexity index is 2640. The van der Waals surface area contributed by atoms with E-state index in [0.717, 1.165) is 81.6 Å². The Morgan fingerprint density at radius 2 is 1.40 bits per heavy atom. The summed E-state index contributed by atoms with van der Waals surface area (Å²) in [5.74, 6) is -0.257. The largest absolute Gasteiger partial charge is 0.317 e. The van der Waals surface area contributed by atoms with Gasteiger partial charge >= 0.3 is 0 Å². The van der Waals surface area contributed by atoms with Gasteiger partial charge in [0.1, 0.15) is 16.9 Å². The number of hydrogen-bond donors (Lipinski definition) is 2. The smallest absolute Gasteiger partial charge is 0.179 e. The highest BCUT2D eigenvalue weighted by Gasteiger charge is 2.17. The lowest BCUT2D eigenvalue weighted by atomic mass is 10.1. The second-order valence-electron chi connectivity index (χ2n) is 12.9. The van der Waals surface area contributed by atoms with Crippen LogP contribution in [-0.4, -0.2) is 78.0 Å². The van der Waals surface area contributed by atoms with Crippen LogP contribution in [0.25, 0.3) is 55.7 Å². The van der Waals surface area contributed by atoms with Crippen molar-refractivity contribution in [1.82, 2.24) is 70.2 Å². The van der Waals surface area contributed by atoms with Gasteiger partial charge in [0.2, 0.25) is 0 Å². The van der Waals surface area contributed by atoms with Gasteiger partial charge in [-0.3, -0.25) is 14.8 Å². The molecule has 10 rings (SSSR count). The molecule has 1 fully saturated rings. The van der Waals surface area contributed by atoms with Crippen molar-refractivity contribution in [3.8, 4) is 22.5 Å². The molecule has 1 aliphatic rings. The Kier molecular flexibility index (Phi) is 8.57. The van der Waals surface area contributed by atoms with Gasteiger partial charge in [0.05, 0.1) is 48.4 Å². The zero-order chi connectivity index (χ0) is 35.6. The van der Waals surface area contributed by atoms with E-state index in [2.05, 4.69) is 80.3 Å².